The average molecular weight is 273 g/mol. The van der Waals surface area contributed by atoms with Gasteiger partial charge in [-0.2, -0.15) is 0 Å². The van der Waals surface area contributed by atoms with Crippen molar-refractivity contribution in [2.24, 2.45) is 5.84 Å². The summed E-state index contributed by atoms with van der Waals surface area (Å²) in [5, 5.41) is 10.2. The number of hydrazine groups is 1. The monoisotopic (exact) mass is 273 g/mol. The van der Waals surface area contributed by atoms with Gasteiger partial charge in [-0.3, -0.25) is 4.79 Å². The number of nitrogens with two attached hydrogens (primary N) is 1. The number of nitrogen functional groups attached to an aromatic ring is 1. The zero-order valence-electron chi connectivity index (χ0n) is 11.0. The van der Waals surface area contributed by atoms with Crippen molar-refractivity contribution >= 4 is 17.4 Å². The maximum atomic E-state index is 12.0. The Balaban J connectivity index is 2.08. The van der Waals surface area contributed by atoms with Crippen molar-refractivity contribution in [2.45, 2.75) is 6.92 Å². The molecule has 0 saturated carbocycles. The third kappa shape index (κ3) is 3.42. The van der Waals surface area contributed by atoms with Gasteiger partial charge in [-0.25, -0.2) is 5.84 Å². The minimum Gasteiger partial charge on any atom is -0.494 e. The molecule has 2 aromatic rings. The molecule has 0 aliphatic rings. The number of rotatable bonds is 5. The molecule has 104 valence electrons. The molecule has 1 heterocycles. The van der Waals surface area contributed by atoms with Crippen LogP contribution in [-0.4, -0.2) is 22.7 Å². The molecule has 7 nitrogen and oxygen atoms in total. The molecule has 0 saturated heterocycles. The lowest BCUT2D eigenvalue weighted by Gasteiger charge is -2.07. The van der Waals surface area contributed by atoms with Gasteiger partial charge in [-0.1, -0.05) is 6.07 Å². The minimum atomic E-state index is -0.352. The van der Waals surface area contributed by atoms with E-state index in [1.807, 2.05) is 13.0 Å². The van der Waals surface area contributed by atoms with Gasteiger partial charge in [0.2, 0.25) is 0 Å². The number of carbonyl (C=O) groups excluding carboxylic acids is 1. The van der Waals surface area contributed by atoms with E-state index in [0.717, 1.165) is 0 Å². The molecule has 0 aliphatic carbocycles. The number of anilines is 2. The fraction of sp³-hybridized carbons (Fsp3) is 0.154. The Morgan fingerprint density at radius 1 is 1.30 bits per heavy atom. The third-order valence-electron chi connectivity index (χ3n) is 2.45. The van der Waals surface area contributed by atoms with Crippen LogP contribution in [0.25, 0.3) is 0 Å². The van der Waals surface area contributed by atoms with E-state index in [1.54, 1.807) is 24.3 Å². The Bertz CT molecular complexity index is 586. The van der Waals surface area contributed by atoms with E-state index in [9.17, 15) is 4.79 Å². The van der Waals surface area contributed by atoms with Gasteiger partial charge >= 0.3 is 0 Å². The fourth-order valence-electron chi connectivity index (χ4n) is 1.56. The highest BCUT2D eigenvalue weighted by molar-refractivity contribution is 6.02. The van der Waals surface area contributed by atoms with E-state index in [1.165, 1.54) is 6.07 Å². The normalized spacial score (nSPS) is 9.90. The molecule has 1 aromatic heterocycles. The summed E-state index contributed by atoms with van der Waals surface area (Å²) in [6.45, 7) is 2.46. The highest BCUT2D eigenvalue weighted by atomic mass is 16.5. The van der Waals surface area contributed by atoms with Gasteiger partial charge < -0.3 is 15.5 Å². The second-order valence-corrected chi connectivity index (χ2v) is 3.86. The van der Waals surface area contributed by atoms with Crippen molar-refractivity contribution in [3.05, 3.63) is 42.1 Å². The van der Waals surface area contributed by atoms with Crippen molar-refractivity contribution in [3.8, 4) is 5.75 Å². The van der Waals surface area contributed by atoms with Crippen molar-refractivity contribution in [1.82, 2.24) is 10.2 Å². The lowest BCUT2D eigenvalue weighted by Crippen LogP contribution is -2.16. The summed E-state index contributed by atoms with van der Waals surface area (Å²) in [5.41, 5.74) is 3.17. The summed E-state index contributed by atoms with van der Waals surface area (Å²) in [7, 11) is 0. The quantitative estimate of drug-likeness (QED) is 0.562. The molecule has 1 amide bonds. The predicted molar refractivity (Wildman–Crippen MR) is 75.4 cm³/mol. The molecule has 7 heteroatoms. The standard InChI is InChI=1S/C13H15N5O2/c1-2-20-10-5-3-4-9(8-10)15-13(19)11-6-7-12(16-14)18-17-11/h3-8H,2,14H2,1H3,(H,15,19)(H,16,18). The van der Waals surface area contributed by atoms with Crippen LogP contribution in [0.4, 0.5) is 11.5 Å². The number of aromatic nitrogens is 2. The second kappa shape index (κ2) is 6.48. The first-order valence-electron chi connectivity index (χ1n) is 6.07. The number of amides is 1. The van der Waals surface area contributed by atoms with Crippen LogP contribution in [0.3, 0.4) is 0 Å². The van der Waals surface area contributed by atoms with E-state index in [2.05, 4.69) is 20.9 Å². The van der Waals surface area contributed by atoms with Crippen LogP contribution >= 0.6 is 0 Å². The topological polar surface area (TPSA) is 102 Å². The van der Waals surface area contributed by atoms with E-state index < -0.39 is 0 Å². The first-order valence-corrected chi connectivity index (χ1v) is 6.07. The van der Waals surface area contributed by atoms with Crippen molar-refractivity contribution < 1.29 is 9.53 Å². The molecule has 0 radical (unpaired) electrons. The van der Waals surface area contributed by atoms with Crippen molar-refractivity contribution in [3.63, 3.8) is 0 Å². The highest BCUT2D eigenvalue weighted by Crippen LogP contribution is 2.17. The lowest BCUT2D eigenvalue weighted by molar-refractivity contribution is 0.102. The first kappa shape index (κ1) is 13.8. The SMILES string of the molecule is CCOc1cccc(NC(=O)c2ccc(NN)nn2)c1. The lowest BCUT2D eigenvalue weighted by atomic mass is 10.3. The molecular formula is C13H15N5O2. The predicted octanol–water partition coefficient (Wildman–Crippen LogP) is 1.41. The number of hydrogen-bond acceptors (Lipinski definition) is 6. The summed E-state index contributed by atoms with van der Waals surface area (Å²) in [4.78, 5) is 12.0. The largest absolute Gasteiger partial charge is 0.494 e. The zero-order chi connectivity index (χ0) is 14.4. The van der Waals surface area contributed by atoms with Gasteiger partial charge in [0.15, 0.2) is 11.5 Å². The van der Waals surface area contributed by atoms with Gasteiger partial charge in [0.1, 0.15) is 5.75 Å². The van der Waals surface area contributed by atoms with E-state index in [-0.39, 0.29) is 11.6 Å². The van der Waals surface area contributed by atoms with Gasteiger partial charge in [0.05, 0.1) is 6.61 Å². The fourth-order valence-corrected chi connectivity index (χ4v) is 1.56. The van der Waals surface area contributed by atoms with Crippen LogP contribution in [0.15, 0.2) is 36.4 Å². The second-order valence-electron chi connectivity index (χ2n) is 3.86. The van der Waals surface area contributed by atoms with Gasteiger partial charge in [0.25, 0.3) is 5.91 Å². The maximum Gasteiger partial charge on any atom is 0.276 e. The molecule has 0 spiro atoms. The summed E-state index contributed by atoms with van der Waals surface area (Å²) < 4.78 is 5.36. The summed E-state index contributed by atoms with van der Waals surface area (Å²) in [5.74, 6) is 5.91. The summed E-state index contributed by atoms with van der Waals surface area (Å²) in [6.07, 6.45) is 0. The molecule has 0 atom stereocenters. The molecule has 0 aliphatic heterocycles. The number of nitrogens with one attached hydrogen (secondary N) is 2. The Hall–Kier alpha value is -2.67. The number of hydrogen-bond donors (Lipinski definition) is 3. The Kier molecular flexibility index (Phi) is 4.46. The van der Waals surface area contributed by atoms with Gasteiger partial charge in [-0.15, -0.1) is 10.2 Å². The molecule has 0 fully saturated rings. The molecule has 4 N–H and O–H groups in total. The number of nitrogens with zero attached hydrogens (tertiary/aromatic N) is 2. The Morgan fingerprint density at radius 2 is 2.15 bits per heavy atom. The molecule has 0 bridgehead atoms. The van der Waals surface area contributed by atoms with E-state index in [0.29, 0.717) is 23.9 Å². The molecule has 0 unspecified atom stereocenters. The van der Waals surface area contributed by atoms with Crippen LogP contribution in [0.2, 0.25) is 0 Å². The zero-order valence-corrected chi connectivity index (χ0v) is 11.0. The van der Waals surface area contributed by atoms with E-state index >= 15 is 0 Å². The smallest absolute Gasteiger partial charge is 0.276 e. The molecule has 20 heavy (non-hydrogen) atoms. The molecule has 1 aromatic carbocycles. The van der Waals surface area contributed by atoms with Crippen LogP contribution in [0, 0.1) is 0 Å². The van der Waals surface area contributed by atoms with E-state index in [4.69, 9.17) is 10.6 Å². The third-order valence-corrected chi connectivity index (χ3v) is 2.45. The van der Waals surface area contributed by atoms with Crippen LogP contribution in [0.1, 0.15) is 17.4 Å². The Labute approximate surface area is 116 Å². The maximum absolute atomic E-state index is 12.0. The van der Waals surface area contributed by atoms with Crippen LogP contribution < -0.4 is 21.3 Å². The van der Waals surface area contributed by atoms with Crippen LogP contribution in [0.5, 0.6) is 5.75 Å². The highest BCUT2D eigenvalue weighted by Gasteiger charge is 2.09. The number of ether oxygens (including phenoxy) is 1. The van der Waals surface area contributed by atoms with Crippen molar-refractivity contribution in [2.75, 3.05) is 17.3 Å². The first-order chi connectivity index (χ1) is 9.72. The van der Waals surface area contributed by atoms with Gasteiger partial charge in [-0.05, 0) is 31.2 Å². The summed E-state index contributed by atoms with van der Waals surface area (Å²) >= 11 is 0. The average Bonchev–Trinajstić information content (AvgIpc) is 2.48. The van der Waals surface area contributed by atoms with Gasteiger partial charge in [0, 0.05) is 11.8 Å². The van der Waals surface area contributed by atoms with Crippen LogP contribution in [-0.2, 0) is 0 Å². The number of benzene rings is 1. The minimum absolute atomic E-state index is 0.200. The number of carbonyl (C=O) groups is 1. The summed E-state index contributed by atoms with van der Waals surface area (Å²) in [6, 6.07) is 10.2. The Morgan fingerprint density at radius 3 is 2.80 bits per heavy atom. The molecule has 2 rings (SSSR count). The van der Waals surface area contributed by atoms with Crippen molar-refractivity contribution in [1.29, 1.82) is 0 Å². The molecular weight excluding hydrogens is 258 g/mol.